The molecule has 100 valence electrons. The molecule has 0 aliphatic carbocycles. The summed E-state index contributed by atoms with van der Waals surface area (Å²) >= 11 is 0. The molecule has 0 fully saturated rings. The molecule has 0 spiro atoms. The van der Waals surface area contributed by atoms with E-state index >= 15 is 0 Å². The standard InChI is InChI=1S/C14H21NO3/c16-8-2-1-6-15-7-5-12-3-4-13-14(11-12)18-10-9-17-13/h3-4,11,15-16H,1-2,5-10H2. The van der Waals surface area contributed by atoms with Gasteiger partial charge in [-0.25, -0.2) is 0 Å². The number of hydrogen-bond donors (Lipinski definition) is 2. The third-order valence-corrected chi connectivity index (χ3v) is 2.96. The maximum absolute atomic E-state index is 8.66. The lowest BCUT2D eigenvalue weighted by atomic mass is 10.1. The molecule has 1 heterocycles. The fourth-order valence-corrected chi connectivity index (χ4v) is 1.96. The van der Waals surface area contributed by atoms with Crippen LogP contribution in [0.2, 0.25) is 0 Å². The Kier molecular flexibility index (Phi) is 5.30. The first-order valence-electron chi connectivity index (χ1n) is 6.60. The van der Waals surface area contributed by atoms with E-state index in [1.165, 1.54) is 5.56 Å². The van der Waals surface area contributed by atoms with Crippen molar-refractivity contribution in [1.29, 1.82) is 0 Å². The van der Waals surface area contributed by atoms with Gasteiger partial charge in [0.25, 0.3) is 0 Å². The minimum Gasteiger partial charge on any atom is -0.486 e. The number of fused-ring (bicyclic) bond motifs is 1. The van der Waals surface area contributed by atoms with Crippen molar-refractivity contribution in [2.24, 2.45) is 0 Å². The molecule has 0 saturated carbocycles. The number of aliphatic hydroxyl groups excluding tert-OH is 1. The van der Waals surface area contributed by atoms with E-state index in [9.17, 15) is 0 Å². The highest BCUT2D eigenvalue weighted by Crippen LogP contribution is 2.30. The van der Waals surface area contributed by atoms with Gasteiger partial charge in [0.2, 0.25) is 0 Å². The zero-order chi connectivity index (χ0) is 12.6. The third kappa shape index (κ3) is 3.89. The summed E-state index contributed by atoms with van der Waals surface area (Å²) in [6, 6.07) is 6.13. The number of rotatable bonds is 7. The fraction of sp³-hybridized carbons (Fsp3) is 0.571. The smallest absolute Gasteiger partial charge is 0.161 e. The number of nitrogens with one attached hydrogen (secondary N) is 1. The number of unbranched alkanes of at least 4 members (excludes halogenated alkanes) is 1. The van der Waals surface area contributed by atoms with Crippen LogP contribution in [0, 0.1) is 0 Å². The average Bonchev–Trinajstić information content (AvgIpc) is 2.42. The van der Waals surface area contributed by atoms with Gasteiger partial charge in [0.05, 0.1) is 0 Å². The van der Waals surface area contributed by atoms with E-state index in [-0.39, 0.29) is 6.61 Å². The first-order valence-corrected chi connectivity index (χ1v) is 6.60. The molecule has 0 aromatic heterocycles. The van der Waals surface area contributed by atoms with Gasteiger partial charge in [-0.05, 0) is 50.0 Å². The van der Waals surface area contributed by atoms with Crippen LogP contribution in [0.1, 0.15) is 18.4 Å². The highest BCUT2D eigenvalue weighted by Gasteiger charge is 2.11. The summed E-state index contributed by atoms with van der Waals surface area (Å²) in [5.41, 5.74) is 1.26. The van der Waals surface area contributed by atoms with Gasteiger partial charge in [-0.15, -0.1) is 0 Å². The molecule has 0 radical (unpaired) electrons. The van der Waals surface area contributed by atoms with Gasteiger partial charge in [0.15, 0.2) is 11.5 Å². The van der Waals surface area contributed by atoms with Crippen LogP contribution in [-0.4, -0.2) is 38.0 Å². The molecule has 0 atom stereocenters. The third-order valence-electron chi connectivity index (χ3n) is 2.96. The zero-order valence-electron chi connectivity index (χ0n) is 10.7. The normalized spacial score (nSPS) is 13.6. The van der Waals surface area contributed by atoms with E-state index in [0.29, 0.717) is 13.2 Å². The lowest BCUT2D eigenvalue weighted by Gasteiger charge is -2.18. The first kappa shape index (κ1) is 13.2. The number of benzene rings is 1. The number of ether oxygens (including phenoxy) is 2. The summed E-state index contributed by atoms with van der Waals surface area (Å²) in [6.07, 6.45) is 2.88. The van der Waals surface area contributed by atoms with Crippen LogP contribution in [0.25, 0.3) is 0 Å². The molecule has 2 N–H and O–H groups in total. The van der Waals surface area contributed by atoms with Gasteiger partial charge in [-0.1, -0.05) is 6.07 Å². The summed E-state index contributed by atoms with van der Waals surface area (Å²) in [5.74, 6) is 1.71. The highest BCUT2D eigenvalue weighted by atomic mass is 16.6. The van der Waals surface area contributed by atoms with Crippen molar-refractivity contribution in [2.75, 3.05) is 32.9 Å². The molecule has 1 aliphatic rings. The average molecular weight is 251 g/mol. The van der Waals surface area contributed by atoms with Crippen LogP contribution in [0.15, 0.2) is 18.2 Å². The summed E-state index contributed by atoms with van der Waals surface area (Å²) in [6.45, 7) is 3.47. The van der Waals surface area contributed by atoms with E-state index < -0.39 is 0 Å². The molecule has 1 aliphatic heterocycles. The summed E-state index contributed by atoms with van der Waals surface area (Å²) in [5, 5.41) is 12.0. The van der Waals surface area contributed by atoms with Crippen molar-refractivity contribution in [1.82, 2.24) is 5.32 Å². The Morgan fingerprint density at radius 1 is 1.06 bits per heavy atom. The van der Waals surface area contributed by atoms with Gasteiger partial charge in [-0.3, -0.25) is 0 Å². The lowest BCUT2D eigenvalue weighted by molar-refractivity contribution is 0.171. The molecule has 1 aromatic carbocycles. The predicted octanol–water partition coefficient (Wildman–Crippen LogP) is 1.36. The molecule has 0 saturated heterocycles. The molecule has 0 unspecified atom stereocenters. The van der Waals surface area contributed by atoms with E-state index in [1.807, 2.05) is 6.07 Å². The van der Waals surface area contributed by atoms with Gasteiger partial charge in [0, 0.05) is 6.61 Å². The van der Waals surface area contributed by atoms with E-state index in [0.717, 1.165) is 43.9 Å². The summed E-state index contributed by atoms with van der Waals surface area (Å²) < 4.78 is 11.0. The fourth-order valence-electron chi connectivity index (χ4n) is 1.96. The van der Waals surface area contributed by atoms with Crippen molar-refractivity contribution in [2.45, 2.75) is 19.3 Å². The molecule has 4 nitrogen and oxygen atoms in total. The SMILES string of the molecule is OCCCCNCCc1ccc2c(c1)OCCO2. The van der Waals surface area contributed by atoms with Crippen molar-refractivity contribution in [3.05, 3.63) is 23.8 Å². The Morgan fingerprint density at radius 3 is 2.72 bits per heavy atom. The van der Waals surface area contributed by atoms with Crippen LogP contribution in [-0.2, 0) is 6.42 Å². The largest absolute Gasteiger partial charge is 0.486 e. The molecule has 18 heavy (non-hydrogen) atoms. The minimum atomic E-state index is 0.282. The highest BCUT2D eigenvalue weighted by molar-refractivity contribution is 5.43. The minimum absolute atomic E-state index is 0.282. The Hall–Kier alpha value is -1.26. The second-order valence-electron chi connectivity index (χ2n) is 4.41. The van der Waals surface area contributed by atoms with Crippen molar-refractivity contribution >= 4 is 0 Å². The maximum Gasteiger partial charge on any atom is 0.161 e. The Morgan fingerprint density at radius 2 is 1.89 bits per heavy atom. The molecular weight excluding hydrogens is 230 g/mol. The second-order valence-corrected chi connectivity index (χ2v) is 4.41. The first-order chi connectivity index (χ1) is 8.90. The summed E-state index contributed by atoms with van der Waals surface area (Å²) in [4.78, 5) is 0. The Labute approximate surface area is 108 Å². The van der Waals surface area contributed by atoms with E-state index in [4.69, 9.17) is 14.6 Å². The molecule has 4 heteroatoms. The predicted molar refractivity (Wildman–Crippen MR) is 70.3 cm³/mol. The Balaban J connectivity index is 1.72. The van der Waals surface area contributed by atoms with Crippen molar-refractivity contribution in [3.63, 3.8) is 0 Å². The monoisotopic (exact) mass is 251 g/mol. The van der Waals surface area contributed by atoms with Gasteiger partial charge in [0.1, 0.15) is 13.2 Å². The topological polar surface area (TPSA) is 50.7 Å². The van der Waals surface area contributed by atoms with Crippen LogP contribution >= 0.6 is 0 Å². The molecule has 0 amide bonds. The van der Waals surface area contributed by atoms with Crippen LogP contribution in [0.4, 0.5) is 0 Å². The van der Waals surface area contributed by atoms with Crippen molar-refractivity contribution in [3.8, 4) is 11.5 Å². The van der Waals surface area contributed by atoms with Gasteiger partial charge < -0.3 is 19.9 Å². The van der Waals surface area contributed by atoms with Gasteiger partial charge in [-0.2, -0.15) is 0 Å². The van der Waals surface area contributed by atoms with Crippen LogP contribution in [0.3, 0.4) is 0 Å². The number of aliphatic hydroxyl groups is 1. The van der Waals surface area contributed by atoms with Crippen LogP contribution < -0.4 is 14.8 Å². The molecule has 1 aromatic rings. The molecule has 0 bridgehead atoms. The quantitative estimate of drug-likeness (QED) is 0.719. The van der Waals surface area contributed by atoms with E-state index in [1.54, 1.807) is 0 Å². The second kappa shape index (κ2) is 7.24. The Bertz CT molecular complexity index is 368. The molecule has 2 rings (SSSR count). The summed E-state index contributed by atoms with van der Waals surface area (Å²) in [7, 11) is 0. The van der Waals surface area contributed by atoms with Crippen LogP contribution in [0.5, 0.6) is 11.5 Å². The lowest BCUT2D eigenvalue weighted by Crippen LogP contribution is -2.19. The van der Waals surface area contributed by atoms with Crippen molar-refractivity contribution < 1.29 is 14.6 Å². The molecular formula is C14H21NO3. The van der Waals surface area contributed by atoms with E-state index in [2.05, 4.69) is 17.4 Å². The number of hydrogen-bond acceptors (Lipinski definition) is 4. The zero-order valence-corrected chi connectivity index (χ0v) is 10.7. The maximum atomic E-state index is 8.66. The van der Waals surface area contributed by atoms with Gasteiger partial charge >= 0.3 is 0 Å².